The maximum Gasteiger partial charge on any atom is 0.416 e. The molecule has 3 rings (SSSR count). The van der Waals surface area contributed by atoms with Crippen LogP contribution >= 0.6 is 0 Å². The average molecular weight is 354 g/mol. The Kier molecular flexibility index (Phi) is 4.45. The fourth-order valence-electron chi connectivity index (χ4n) is 2.10. The number of aryl methyl sites for hydroxylation is 1. The largest absolute Gasteiger partial charge is 0.437 e. The van der Waals surface area contributed by atoms with Gasteiger partial charge < -0.3 is 20.0 Å². The lowest BCUT2D eigenvalue weighted by Gasteiger charge is -2.20. The zero-order valence-corrected chi connectivity index (χ0v) is 12.9. The Bertz CT molecular complexity index is 811. The van der Waals surface area contributed by atoms with Crippen LogP contribution in [0.25, 0.3) is 0 Å². The number of ether oxygens (including phenoxy) is 1. The molecule has 1 aromatic heterocycles. The predicted octanol–water partition coefficient (Wildman–Crippen LogP) is 2.20. The van der Waals surface area contributed by atoms with Crippen molar-refractivity contribution >= 4 is 5.84 Å². The van der Waals surface area contributed by atoms with E-state index in [2.05, 4.69) is 20.7 Å². The minimum absolute atomic E-state index is 0.0369. The molecule has 0 radical (unpaired) electrons. The van der Waals surface area contributed by atoms with Crippen LogP contribution in [0.2, 0.25) is 0 Å². The van der Waals surface area contributed by atoms with Gasteiger partial charge >= 0.3 is 6.18 Å². The van der Waals surface area contributed by atoms with E-state index in [4.69, 9.17) is 9.57 Å². The zero-order valence-electron chi connectivity index (χ0n) is 12.9. The molecule has 0 fully saturated rings. The molecule has 2 aromatic rings. The molecule has 132 valence electrons. The third-order valence-electron chi connectivity index (χ3n) is 3.20. The van der Waals surface area contributed by atoms with E-state index in [1.165, 1.54) is 12.1 Å². The van der Waals surface area contributed by atoms with E-state index < -0.39 is 18.0 Å². The number of nitrogens with one attached hydrogen (secondary N) is 1. The van der Waals surface area contributed by atoms with Gasteiger partial charge in [0.1, 0.15) is 5.75 Å². The van der Waals surface area contributed by atoms with Crippen molar-refractivity contribution < 1.29 is 27.9 Å². The minimum Gasteiger partial charge on any atom is -0.437 e. The number of hydrogen-bond donors (Lipinski definition) is 2. The van der Waals surface area contributed by atoms with E-state index >= 15 is 0 Å². The van der Waals surface area contributed by atoms with Crippen molar-refractivity contribution in [2.45, 2.75) is 19.3 Å². The third kappa shape index (κ3) is 3.97. The van der Waals surface area contributed by atoms with E-state index in [9.17, 15) is 18.3 Å². The number of alkyl halides is 3. The summed E-state index contributed by atoms with van der Waals surface area (Å²) in [4.78, 5) is 4.88. The lowest BCUT2D eigenvalue weighted by Crippen LogP contribution is -2.42. The number of benzene rings is 1. The van der Waals surface area contributed by atoms with E-state index in [-0.39, 0.29) is 24.1 Å². The smallest absolute Gasteiger partial charge is 0.416 e. The molecular formula is C15H13F3N4O3. The van der Waals surface area contributed by atoms with Gasteiger partial charge in [-0.05, 0) is 31.2 Å². The van der Waals surface area contributed by atoms with Gasteiger partial charge in [-0.2, -0.15) is 18.3 Å². The Labute approximate surface area is 140 Å². The van der Waals surface area contributed by atoms with Crippen molar-refractivity contribution in [2.75, 3.05) is 6.61 Å². The number of amidine groups is 1. The summed E-state index contributed by atoms with van der Waals surface area (Å²) < 4.78 is 43.9. The lowest BCUT2D eigenvalue weighted by molar-refractivity contribution is -0.137. The SMILES string of the molecule is Cc1cc(C2=NOCC(O)N2)c(Oc2cccc(C(F)(F)F)c2)nn1. The number of hydrogen-bond acceptors (Lipinski definition) is 7. The highest BCUT2D eigenvalue weighted by Crippen LogP contribution is 2.33. The molecule has 1 aromatic carbocycles. The fraction of sp³-hybridized carbons (Fsp3) is 0.267. The topological polar surface area (TPSA) is 88.9 Å². The van der Waals surface area contributed by atoms with E-state index in [0.717, 1.165) is 12.1 Å². The van der Waals surface area contributed by atoms with Crippen molar-refractivity contribution in [1.82, 2.24) is 15.5 Å². The van der Waals surface area contributed by atoms with Gasteiger partial charge in [-0.1, -0.05) is 11.2 Å². The van der Waals surface area contributed by atoms with Gasteiger partial charge in [-0.15, -0.1) is 5.10 Å². The first-order valence-electron chi connectivity index (χ1n) is 7.17. The van der Waals surface area contributed by atoms with Crippen LogP contribution in [0.4, 0.5) is 13.2 Å². The summed E-state index contributed by atoms with van der Waals surface area (Å²) in [5.74, 6) is -0.000273. The van der Waals surface area contributed by atoms with Gasteiger partial charge in [0.15, 0.2) is 18.7 Å². The molecule has 1 aliphatic heterocycles. The Balaban J connectivity index is 1.95. The normalized spacial score (nSPS) is 17.3. The number of nitrogens with zero attached hydrogens (tertiary/aromatic N) is 3. The van der Waals surface area contributed by atoms with Crippen LogP contribution in [-0.2, 0) is 11.0 Å². The number of aliphatic hydroxyl groups excluding tert-OH is 1. The third-order valence-corrected chi connectivity index (χ3v) is 3.20. The molecule has 0 aliphatic carbocycles. The fourth-order valence-corrected chi connectivity index (χ4v) is 2.10. The summed E-state index contributed by atoms with van der Waals surface area (Å²) in [6, 6.07) is 5.94. The second kappa shape index (κ2) is 6.55. The van der Waals surface area contributed by atoms with Gasteiger partial charge in [0, 0.05) is 0 Å². The first-order chi connectivity index (χ1) is 11.8. The summed E-state index contributed by atoms with van der Waals surface area (Å²) in [7, 11) is 0. The standard InChI is InChI=1S/C15H13F3N4O3/c1-8-5-11(13-19-12(23)7-24-22-13)14(21-20-8)25-10-4-2-3-9(6-10)15(16,17)18/h2-6,12,23H,7H2,1H3,(H,19,22). The maximum absolute atomic E-state index is 12.8. The molecule has 1 atom stereocenters. The first kappa shape index (κ1) is 17.0. The predicted molar refractivity (Wildman–Crippen MR) is 79.9 cm³/mol. The number of aromatic nitrogens is 2. The monoisotopic (exact) mass is 354 g/mol. The van der Waals surface area contributed by atoms with Crippen molar-refractivity contribution in [3.63, 3.8) is 0 Å². The molecule has 0 amide bonds. The molecule has 0 saturated carbocycles. The summed E-state index contributed by atoms with van der Waals surface area (Å²) >= 11 is 0. The van der Waals surface area contributed by atoms with Crippen molar-refractivity contribution in [3.8, 4) is 11.6 Å². The highest BCUT2D eigenvalue weighted by Gasteiger charge is 2.31. The Morgan fingerprint density at radius 2 is 2.08 bits per heavy atom. The first-order valence-corrected chi connectivity index (χ1v) is 7.17. The molecule has 25 heavy (non-hydrogen) atoms. The highest BCUT2D eigenvalue weighted by molar-refractivity contribution is 6.00. The van der Waals surface area contributed by atoms with Crippen LogP contribution in [0.15, 0.2) is 35.5 Å². The molecule has 0 saturated heterocycles. The maximum atomic E-state index is 12.8. The summed E-state index contributed by atoms with van der Waals surface area (Å²) in [6.07, 6.45) is -5.48. The lowest BCUT2D eigenvalue weighted by atomic mass is 10.2. The van der Waals surface area contributed by atoms with Crippen molar-refractivity contribution in [1.29, 1.82) is 0 Å². The Hall–Kier alpha value is -2.88. The van der Waals surface area contributed by atoms with Crippen molar-refractivity contribution in [2.24, 2.45) is 5.16 Å². The second-order valence-electron chi connectivity index (χ2n) is 5.23. The number of aliphatic hydroxyl groups is 1. The van der Waals surface area contributed by atoms with Crippen LogP contribution in [0, 0.1) is 6.92 Å². The molecule has 2 heterocycles. The molecule has 7 nitrogen and oxygen atoms in total. The Morgan fingerprint density at radius 3 is 2.80 bits per heavy atom. The van der Waals surface area contributed by atoms with Crippen LogP contribution in [-0.4, -0.2) is 34.0 Å². The van der Waals surface area contributed by atoms with Crippen LogP contribution in [0.5, 0.6) is 11.6 Å². The summed E-state index contributed by atoms with van der Waals surface area (Å²) in [5.41, 5.74) is -0.0295. The number of rotatable bonds is 3. The molecule has 2 N–H and O–H groups in total. The van der Waals surface area contributed by atoms with E-state index in [1.54, 1.807) is 13.0 Å². The Morgan fingerprint density at radius 1 is 1.28 bits per heavy atom. The molecule has 10 heteroatoms. The van der Waals surface area contributed by atoms with E-state index in [0.29, 0.717) is 11.3 Å². The molecule has 1 aliphatic rings. The van der Waals surface area contributed by atoms with Crippen molar-refractivity contribution in [3.05, 3.63) is 47.2 Å². The number of oxime groups is 1. The second-order valence-corrected chi connectivity index (χ2v) is 5.23. The van der Waals surface area contributed by atoms with E-state index in [1.807, 2.05) is 0 Å². The van der Waals surface area contributed by atoms with Gasteiger partial charge in [-0.3, -0.25) is 0 Å². The average Bonchev–Trinajstić information content (AvgIpc) is 2.56. The molecule has 0 bridgehead atoms. The highest BCUT2D eigenvalue weighted by atomic mass is 19.4. The van der Waals surface area contributed by atoms with Gasteiger partial charge in [0.2, 0.25) is 5.88 Å². The summed E-state index contributed by atoms with van der Waals surface area (Å²) in [5, 5.41) is 23.7. The molecular weight excluding hydrogens is 341 g/mol. The minimum atomic E-state index is -4.49. The van der Waals surface area contributed by atoms with Crippen LogP contribution in [0.3, 0.4) is 0 Å². The quantitative estimate of drug-likeness (QED) is 0.878. The van der Waals surface area contributed by atoms with Gasteiger partial charge in [0.25, 0.3) is 0 Å². The summed E-state index contributed by atoms with van der Waals surface area (Å²) in [6.45, 7) is 1.63. The van der Waals surface area contributed by atoms with Gasteiger partial charge in [0.05, 0.1) is 16.8 Å². The zero-order chi connectivity index (χ0) is 18.0. The molecule has 1 unspecified atom stereocenters. The number of halogens is 3. The van der Waals surface area contributed by atoms with Crippen LogP contribution < -0.4 is 10.1 Å². The van der Waals surface area contributed by atoms with Gasteiger partial charge in [-0.25, -0.2) is 0 Å². The molecule has 0 spiro atoms. The van der Waals surface area contributed by atoms with Crippen LogP contribution in [0.1, 0.15) is 16.8 Å².